The Morgan fingerprint density at radius 2 is 2.21 bits per heavy atom. The van der Waals surface area contributed by atoms with Crippen LogP contribution in [0.25, 0.3) is 10.9 Å². The van der Waals surface area contributed by atoms with Crippen molar-refractivity contribution in [3.63, 3.8) is 0 Å². The Morgan fingerprint density at radius 3 is 2.86 bits per heavy atom. The third kappa shape index (κ3) is 1.23. The van der Waals surface area contributed by atoms with Crippen LogP contribution in [-0.2, 0) is 0 Å². The lowest BCUT2D eigenvalue weighted by Gasteiger charge is -1.98. The minimum Gasteiger partial charge on any atom is -0.506 e. The molecule has 1 aromatic carbocycles. The Hall–Kier alpha value is -1.29. The number of fused-ring (bicyclic) bond motifs is 1. The molecule has 1 aromatic heterocycles. The molecule has 0 aliphatic carbocycles. The molecule has 0 spiro atoms. The van der Waals surface area contributed by atoms with Crippen molar-refractivity contribution in [3.05, 3.63) is 28.9 Å². The Morgan fingerprint density at radius 1 is 1.50 bits per heavy atom. The fourth-order valence-corrected chi connectivity index (χ4v) is 2.04. The Kier molecular flexibility index (Phi) is 2.07. The molecule has 4 heteroatoms. The summed E-state index contributed by atoms with van der Waals surface area (Å²) in [5.74, 6) is -0.00363. The van der Waals surface area contributed by atoms with Crippen LogP contribution >= 0.6 is 15.9 Å². The van der Waals surface area contributed by atoms with Gasteiger partial charge in [0.05, 0.1) is 17.1 Å². The monoisotopic (exact) mass is 253 g/mol. The van der Waals surface area contributed by atoms with Crippen molar-refractivity contribution >= 4 is 32.7 Å². The molecular weight excluding hydrogens is 246 g/mol. The molecule has 1 heterocycles. The first-order chi connectivity index (χ1) is 6.61. The van der Waals surface area contributed by atoms with Gasteiger partial charge in [0.25, 0.3) is 0 Å². The number of nitrogens with zero attached hydrogens (tertiary/aromatic N) is 1. The smallest absolute Gasteiger partial charge is 0.228 e. The first-order valence-corrected chi connectivity index (χ1v) is 4.90. The maximum Gasteiger partial charge on any atom is 0.228 e. The molecule has 2 aromatic rings. The molecule has 1 N–H and O–H groups in total. The molecule has 0 aliphatic heterocycles. The minimum atomic E-state index is -0.117. The van der Waals surface area contributed by atoms with Crippen LogP contribution in [-0.4, -0.2) is 15.6 Å². The fourth-order valence-electron chi connectivity index (χ4n) is 1.48. The average Bonchev–Trinajstić information content (AvgIpc) is 2.45. The van der Waals surface area contributed by atoms with Gasteiger partial charge in [0, 0.05) is 11.4 Å². The predicted octanol–water partition coefficient (Wildman–Crippen LogP) is 2.77. The predicted molar refractivity (Wildman–Crippen MR) is 57.6 cm³/mol. The van der Waals surface area contributed by atoms with Crippen LogP contribution in [0.1, 0.15) is 11.7 Å². The standard InChI is InChI=1S/C10H8BrNO2/c1-6(13)12-5-9(14)10-7(11)3-2-4-8(10)12/h2-5,14H,1H3. The number of carbonyl (C=O) groups is 1. The number of rotatable bonds is 0. The van der Waals surface area contributed by atoms with Gasteiger partial charge < -0.3 is 5.11 Å². The Bertz CT molecular complexity index is 516. The highest BCUT2D eigenvalue weighted by Gasteiger charge is 2.11. The number of hydrogen-bond acceptors (Lipinski definition) is 2. The van der Waals surface area contributed by atoms with Gasteiger partial charge in [-0.05, 0) is 28.1 Å². The highest BCUT2D eigenvalue weighted by molar-refractivity contribution is 9.10. The van der Waals surface area contributed by atoms with E-state index in [0.717, 1.165) is 4.47 Å². The molecular formula is C10H8BrNO2. The molecule has 0 radical (unpaired) electrons. The zero-order chi connectivity index (χ0) is 10.3. The molecule has 0 bridgehead atoms. The van der Waals surface area contributed by atoms with Crippen molar-refractivity contribution in [1.29, 1.82) is 0 Å². The highest BCUT2D eigenvalue weighted by Crippen LogP contribution is 2.33. The summed E-state index contributed by atoms with van der Waals surface area (Å²) in [6, 6.07) is 5.44. The summed E-state index contributed by atoms with van der Waals surface area (Å²) >= 11 is 3.33. The van der Waals surface area contributed by atoms with Gasteiger partial charge in [0.2, 0.25) is 5.91 Å². The zero-order valence-electron chi connectivity index (χ0n) is 7.49. The van der Waals surface area contributed by atoms with E-state index in [0.29, 0.717) is 10.9 Å². The molecule has 14 heavy (non-hydrogen) atoms. The van der Waals surface area contributed by atoms with Crippen LogP contribution in [0.2, 0.25) is 0 Å². The Labute approximate surface area is 89.1 Å². The van der Waals surface area contributed by atoms with E-state index in [-0.39, 0.29) is 11.7 Å². The largest absolute Gasteiger partial charge is 0.506 e. The van der Waals surface area contributed by atoms with Crippen molar-refractivity contribution in [2.75, 3.05) is 0 Å². The maximum absolute atomic E-state index is 11.2. The van der Waals surface area contributed by atoms with Gasteiger partial charge in [-0.2, -0.15) is 0 Å². The molecule has 0 saturated carbocycles. The van der Waals surface area contributed by atoms with Crippen LogP contribution in [0.4, 0.5) is 0 Å². The summed E-state index contributed by atoms with van der Waals surface area (Å²) in [6.45, 7) is 1.46. The van der Waals surface area contributed by atoms with Crippen LogP contribution in [0.3, 0.4) is 0 Å². The minimum absolute atomic E-state index is 0.114. The van der Waals surface area contributed by atoms with Crippen LogP contribution in [0.15, 0.2) is 28.9 Å². The number of aromatic nitrogens is 1. The lowest BCUT2D eigenvalue weighted by atomic mass is 10.2. The molecule has 0 aliphatic rings. The van der Waals surface area contributed by atoms with E-state index in [1.807, 2.05) is 12.1 Å². The third-order valence-electron chi connectivity index (χ3n) is 2.10. The van der Waals surface area contributed by atoms with Crippen molar-refractivity contribution in [3.8, 4) is 5.75 Å². The van der Waals surface area contributed by atoms with Gasteiger partial charge in [-0.25, -0.2) is 0 Å². The second-order valence-electron chi connectivity index (χ2n) is 3.04. The van der Waals surface area contributed by atoms with Gasteiger partial charge in [0.15, 0.2) is 0 Å². The molecule has 0 amide bonds. The van der Waals surface area contributed by atoms with E-state index in [4.69, 9.17) is 0 Å². The lowest BCUT2D eigenvalue weighted by molar-refractivity contribution is 0.0941. The maximum atomic E-state index is 11.2. The number of carbonyl (C=O) groups excluding carboxylic acids is 1. The van der Waals surface area contributed by atoms with E-state index in [9.17, 15) is 9.90 Å². The first kappa shape index (κ1) is 9.27. The fraction of sp³-hybridized carbons (Fsp3) is 0.100. The van der Waals surface area contributed by atoms with E-state index < -0.39 is 0 Å². The molecule has 2 rings (SSSR count). The second kappa shape index (κ2) is 3.13. The van der Waals surface area contributed by atoms with Crippen LogP contribution in [0.5, 0.6) is 5.75 Å². The summed E-state index contributed by atoms with van der Waals surface area (Å²) in [6.07, 6.45) is 1.43. The summed E-state index contributed by atoms with van der Waals surface area (Å²) in [5.41, 5.74) is 0.712. The normalized spacial score (nSPS) is 10.7. The topological polar surface area (TPSA) is 42.2 Å². The molecule has 0 unspecified atom stereocenters. The number of halogens is 1. The second-order valence-corrected chi connectivity index (χ2v) is 3.89. The summed E-state index contributed by atoms with van der Waals surface area (Å²) in [4.78, 5) is 11.2. The average molecular weight is 254 g/mol. The molecule has 72 valence electrons. The Balaban J connectivity index is 2.91. The van der Waals surface area contributed by atoms with E-state index >= 15 is 0 Å². The van der Waals surface area contributed by atoms with Crippen molar-refractivity contribution in [1.82, 2.24) is 4.57 Å². The number of hydrogen-bond donors (Lipinski definition) is 1. The van der Waals surface area contributed by atoms with E-state index in [1.54, 1.807) is 6.07 Å². The van der Waals surface area contributed by atoms with Crippen molar-refractivity contribution < 1.29 is 9.90 Å². The summed E-state index contributed by atoms with van der Waals surface area (Å²) in [7, 11) is 0. The molecule has 0 saturated heterocycles. The third-order valence-corrected chi connectivity index (χ3v) is 2.76. The summed E-state index contributed by atoms with van der Waals surface area (Å²) < 4.78 is 2.21. The van der Waals surface area contributed by atoms with Gasteiger partial charge in [-0.15, -0.1) is 0 Å². The SMILES string of the molecule is CC(=O)n1cc(O)c2c(Br)cccc21. The first-order valence-electron chi connectivity index (χ1n) is 4.10. The van der Waals surface area contributed by atoms with Crippen molar-refractivity contribution in [2.24, 2.45) is 0 Å². The van der Waals surface area contributed by atoms with Crippen LogP contribution in [0, 0.1) is 0 Å². The zero-order valence-corrected chi connectivity index (χ0v) is 9.08. The lowest BCUT2D eigenvalue weighted by Crippen LogP contribution is -2.02. The van der Waals surface area contributed by atoms with Gasteiger partial charge in [0.1, 0.15) is 5.75 Å². The molecule has 0 fully saturated rings. The molecule has 3 nitrogen and oxygen atoms in total. The number of aromatic hydroxyl groups is 1. The van der Waals surface area contributed by atoms with Gasteiger partial charge in [-0.1, -0.05) is 6.07 Å². The van der Waals surface area contributed by atoms with E-state index in [1.165, 1.54) is 17.7 Å². The van der Waals surface area contributed by atoms with E-state index in [2.05, 4.69) is 15.9 Å². The van der Waals surface area contributed by atoms with Crippen LogP contribution < -0.4 is 0 Å². The summed E-state index contributed by atoms with van der Waals surface area (Å²) in [5, 5.41) is 10.3. The van der Waals surface area contributed by atoms with Gasteiger partial charge >= 0.3 is 0 Å². The highest BCUT2D eigenvalue weighted by atomic mass is 79.9. The van der Waals surface area contributed by atoms with Crippen molar-refractivity contribution in [2.45, 2.75) is 6.92 Å². The number of benzene rings is 1. The van der Waals surface area contributed by atoms with Gasteiger partial charge in [-0.3, -0.25) is 9.36 Å². The quantitative estimate of drug-likeness (QED) is 0.785. The molecule has 0 atom stereocenters.